The molecule has 2 fully saturated rings. The molecule has 0 radical (unpaired) electrons. The molecule has 25 heavy (non-hydrogen) atoms. The van der Waals surface area contributed by atoms with Gasteiger partial charge in [-0.3, -0.25) is 9.59 Å². The van der Waals surface area contributed by atoms with Crippen molar-refractivity contribution in [2.75, 3.05) is 13.2 Å². The summed E-state index contributed by atoms with van der Waals surface area (Å²) in [6.07, 6.45) is 1.70. The molecule has 1 amide bonds. The minimum Gasteiger partial charge on any atom is -0.368 e. The first kappa shape index (κ1) is 18.1. The van der Waals surface area contributed by atoms with Gasteiger partial charge in [-0.25, -0.2) is 0 Å². The molecule has 2 aliphatic rings. The second-order valence-corrected chi connectivity index (χ2v) is 7.35. The monoisotopic (exact) mass is 345 g/mol. The summed E-state index contributed by atoms with van der Waals surface area (Å²) in [6.45, 7) is 5.29. The van der Waals surface area contributed by atoms with Crippen molar-refractivity contribution in [1.29, 1.82) is 0 Å². The topological polar surface area (TPSA) is 55.8 Å². The molecule has 0 bridgehead atoms. The standard InChI is InChI=1S/C20H27NO4/c1-14(2)11-18(24-12-15-7-4-3-5-8-15)20(23)21-10-6-9-17-19(21)16(22)13-25-17/h3-5,7-8,14,17-19H,6,9-13H2,1-2H3/t17-,18+,19-/m1/s1. The molecule has 0 aromatic heterocycles. The van der Waals surface area contributed by atoms with Crippen LogP contribution in [0.3, 0.4) is 0 Å². The number of carbonyl (C=O) groups is 2. The van der Waals surface area contributed by atoms with Crippen LogP contribution in [-0.4, -0.2) is 48.0 Å². The van der Waals surface area contributed by atoms with Crippen LogP contribution in [0.15, 0.2) is 30.3 Å². The van der Waals surface area contributed by atoms with Crippen LogP contribution in [-0.2, 0) is 25.7 Å². The van der Waals surface area contributed by atoms with Crippen molar-refractivity contribution in [2.24, 2.45) is 5.92 Å². The van der Waals surface area contributed by atoms with Gasteiger partial charge in [-0.2, -0.15) is 0 Å². The Balaban J connectivity index is 1.70. The molecule has 0 unspecified atom stereocenters. The van der Waals surface area contributed by atoms with Gasteiger partial charge in [-0.15, -0.1) is 0 Å². The maximum Gasteiger partial charge on any atom is 0.252 e. The number of ketones is 1. The normalized spacial score (nSPS) is 24.4. The number of nitrogens with zero attached hydrogens (tertiary/aromatic N) is 1. The van der Waals surface area contributed by atoms with Gasteiger partial charge in [0, 0.05) is 6.54 Å². The average molecular weight is 345 g/mol. The van der Waals surface area contributed by atoms with Crippen LogP contribution in [0.2, 0.25) is 0 Å². The summed E-state index contributed by atoms with van der Waals surface area (Å²) >= 11 is 0. The summed E-state index contributed by atoms with van der Waals surface area (Å²) in [5, 5.41) is 0. The number of rotatable bonds is 6. The van der Waals surface area contributed by atoms with Crippen LogP contribution in [0, 0.1) is 5.92 Å². The van der Waals surface area contributed by atoms with E-state index in [1.807, 2.05) is 30.3 Å². The fourth-order valence-electron chi connectivity index (χ4n) is 3.66. The molecule has 1 aromatic rings. The largest absolute Gasteiger partial charge is 0.368 e. The Morgan fingerprint density at radius 3 is 2.80 bits per heavy atom. The van der Waals surface area contributed by atoms with E-state index in [9.17, 15) is 9.59 Å². The quantitative estimate of drug-likeness (QED) is 0.795. The Morgan fingerprint density at radius 2 is 2.08 bits per heavy atom. The van der Waals surface area contributed by atoms with E-state index in [4.69, 9.17) is 9.47 Å². The Hall–Kier alpha value is -1.72. The second-order valence-electron chi connectivity index (χ2n) is 7.35. The number of amides is 1. The lowest BCUT2D eigenvalue weighted by Gasteiger charge is -2.37. The van der Waals surface area contributed by atoms with Crippen molar-refractivity contribution in [3.05, 3.63) is 35.9 Å². The minimum absolute atomic E-state index is 0.0180. The van der Waals surface area contributed by atoms with E-state index in [0.717, 1.165) is 18.4 Å². The first-order valence-corrected chi connectivity index (χ1v) is 9.16. The number of carbonyl (C=O) groups excluding carboxylic acids is 2. The van der Waals surface area contributed by atoms with E-state index in [1.165, 1.54) is 0 Å². The van der Waals surface area contributed by atoms with Crippen LogP contribution in [0.5, 0.6) is 0 Å². The van der Waals surface area contributed by atoms with Gasteiger partial charge >= 0.3 is 0 Å². The first-order chi connectivity index (χ1) is 12.1. The van der Waals surface area contributed by atoms with Gasteiger partial charge in [-0.1, -0.05) is 44.2 Å². The number of hydrogen-bond donors (Lipinski definition) is 0. The van der Waals surface area contributed by atoms with E-state index < -0.39 is 12.1 Å². The van der Waals surface area contributed by atoms with Gasteiger partial charge in [0.05, 0.1) is 12.7 Å². The SMILES string of the molecule is CC(C)C[C@H](OCc1ccccc1)C(=O)N1CCC[C@H]2OCC(=O)[C@H]21. The highest BCUT2D eigenvalue weighted by atomic mass is 16.5. The van der Waals surface area contributed by atoms with Crippen molar-refractivity contribution < 1.29 is 19.1 Å². The number of piperidine rings is 1. The number of benzene rings is 1. The zero-order chi connectivity index (χ0) is 17.8. The molecule has 2 heterocycles. The average Bonchev–Trinajstić information content (AvgIpc) is 3.00. The fraction of sp³-hybridized carbons (Fsp3) is 0.600. The van der Waals surface area contributed by atoms with Gasteiger partial charge in [-0.05, 0) is 30.7 Å². The molecule has 136 valence electrons. The Bertz CT molecular complexity index is 601. The molecule has 0 saturated carbocycles. The lowest BCUT2D eigenvalue weighted by atomic mass is 9.96. The zero-order valence-electron chi connectivity index (χ0n) is 15.0. The number of hydrogen-bond acceptors (Lipinski definition) is 4. The van der Waals surface area contributed by atoms with Crippen LogP contribution < -0.4 is 0 Å². The molecule has 5 heteroatoms. The maximum atomic E-state index is 13.1. The molecule has 3 atom stereocenters. The van der Waals surface area contributed by atoms with E-state index in [1.54, 1.807) is 4.90 Å². The Kier molecular flexibility index (Phi) is 5.86. The highest BCUT2D eigenvalue weighted by Crippen LogP contribution is 2.28. The van der Waals surface area contributed by atoms with Crippen molar-refractivity contribution in [1.82, 2.24) is 4.90 Å². The minimum atomic E-state index is -0.521. The van der Waals surface area contributed by atoms with Gasteiger partial charge in [0.15, 0.2) is 5.78 Å². The smallest absolute Gasteiger partial charge is 0.252 e. The van der Waals surface area contributed by atoms with Crippen LogP contribution >= 0.6 is 0 Å². The fourth-order valence-corrected chi connectivity index (χ4v) is 3.66. The summed E-state index contributed by atoms with van der Waals surface area (Å²) in [6, 6.07) is 9.43. The van der Waals surface area contributed by atoms with Crippen molar-refractivity contribution in [3.8, 4) is 0 Å². The Morgan fingerprint density at radius 1 is 1.32 bits per heavy atom. The number of likely N-dealkylation sites (tertiary alicyclic amines) is 1. The summed E-state index contributed by atoms with van der Waals surface area (Å²) in [7, 11) is 0. The number of Topliss-reactive ketones (excluding diaryl/α,β-unsaturated/α-hetero) is 1. The third-order valence-electron chi connectivity index (χ3n) is 4.88. The number of fused-ring (bicyclic) bond motifs is 1. The molecule has 2 aliphatic heterocycles. The molecular weight excluding hydrogens is 318 g/mol. The third-order valence-corrected chi connectivity index (χ3v) is 4.88. The molecule has 5 nitrogen and oxygen atoms in total. The predicted octanol–water partition coefficient (Wildman–Crippen LogP) is 2.58. The third kappa shape index (κ3) is 4.28. The van der Waals surface area contributed by atoms with Gasteiger partial charge < -0.3 is 14.4 Å². The van der Waals surface area contributed by atoms with Crippen LogP contribution in [0.1, 0.15) is 38.7 Å². The summed E-state index contributed by atoms with van der Waals surface area (Å²) in [5.74, 6) is 0.281. The van der Waals surface area contributed by atoms with E-state index >= 15 is 0 Å². The maximum absolute atomic E-state index is 13.1. The summed E-state index contributed by atoms with van der Waals surface area (Å²) in [5.41, 5.74) is 1.04. The molecule has 0 spiro atoms. The van der Waals surface area contributed by atoms with Crippen molar-refractivity contribution in [2.45, 2.75) is 58.0 Å². The lowest BCUT2D eigenvalue weighted by molar-refractivity contribution is -0.153. The molecular formula is C20H27NO4. The van der Waals surface area contributed by atoms with Crippen molar-refractivity contribution in [3.63, 3.8) is 0 Å². The molecule has 0 aliphatic carbocycles. The number of ether oxygens (including phenoxy) is 2. The molecule has 1 aromatic carbocycles. The van der Waals surface area contributed by atoms with E-state index in [0.29, 0.717) is 25.5 Å². The molecule has 2 saturated heterocycles. The summed E-state index contributed by atoms with van der Waals surface area (Å²) < 4.78 is 11.5. The van der Waals surface area contributed by atoms with Gasteiger partial charge in [0.2, 0.25) is 0 Å². The molecule has 3 rings (SSSR count). The Labute approximate surface area is 149 Å². The van der Waals surface area contributed by atoms with Crippen molar-refractivity contribution >= 4 is 11.7 Å². The van der Waals surface area contributed by atoms with Gasteiger partial charge in [0.25, 0.3) is 5.91 Å². The van der Waals surface area contributed by atoms with Crippen LogP contribution in [0.4, 0.5) is 0 Å². The highest BCUT2D eigenvalue weighted by molar-refractivity contribution is 5.93. The second kappa shape index (κ2) is 8.11. The van der Waals surface area contributed by atoms with Gasteiger partial charge in [0.1, 0.15) is 18.8 Å². The van der Waals surface area contributed by atoms with Crippen LogP contribution in [0.25, 0.3) is 0 Å². The highest BCUT2D eigenvalue weighted by Gasteiger charge is 2.45. The predicted molar refractivity (Wildman–Crippen MR) is 94.0 cm³/mol. The lowest BCUT2D eigenvalue weighted by Crippen LogP contribution is -2.55. The molecule has 0 N–H and O–H groups in total. The van der Waals surface area contributed by atoms with E-state index in [2.05, 4.69) is 13.8 Å². The summed E-state index contributed by atoms with van der Waals surface area (Å²) in [4.78, 5) is 27.0. The zero-order valence-corrected chi connectivity index (χ0v) is 15.0. The van der Waals surface area contributed by atoms with E-state index in [-0.39, 0.29) is 24.4 Å². The first-order valence-electron chi connectivity index (χ1n) is 9.16.